The Hall–Kier alpha value is -3.19. The van der Waals surface area contributed by atoms with Crippen molar-refractivity contribution in [2.45, 2.75) is 19.8 Å². The standard InChI is InChI=1S/C26H34N2O5/c1-6-28-13-11-20(12-14-28)26(29)27-21-15-18(9-10-22(21)30-2)7-8-19-16-23(31-3)25(33-5)24(17-19)32-4/h7-10,15-17,20H,6,11-14H2,1-5H3,(H,27,29). The molecular weight excluding hydrogens is 420 g/mol. The number of amides is 1. The van der Waals surface area contributed by atoms with Crippen molar-refractivity contribution in [3.05, 3.63) is 41.5 Å². The van der Waals surface area contributed by atoms with Gasteiger partial charge in [0.25, 0.3) is 0 Å². The number of hydrogen-bond donors (Lipinski definition) is 1. The van der Waals surface area contributed by atoms with Crippen molar-refractivity contribution in [2.24, 2.45) is 5.92 Å². The molecule has 3 rings (SSSR count). The number of anilines is 1. The van der Waals surface area contributed by atoms with Crippen molar-refractivity contribution in [3.63, 3.8) is 0 Å². The summed E-state index contributed by atoms with van der Waals surface area (Å²) in [6.45, 7) is 5.11. The molecule has 178 valence electrons. The minimum Gasteiger partial charge on any atom is -0.495 e. The second-order valence-corrected chi connectivity index (χ2v) is 7.95. The van der Waals surface area contributed by atoms with Gasteiger partial charge < -0.3 is 29.2 Å². The van der Waals surface area contributed by atoms with Crippen LogP contribution in [0.1, 0.15) is 30.9 Å². The van der Waals surface area contributed by atoms with Crippen LogP contribution in [0.2, 0.25) is 0 Å². The maximum atomic E-state index is 12.9. The van der Waals surface area contributed by atoms with E-state index in [0.717, 1.165) is 43.6 Å². The summed E-state index contributed by atoms with van der Waals surface area (Å²) in [6, 6.07) is 9.50. The van der Waals surface area contributed by atoms with Gasteiger partial charge in [-0.1, -0.05) is 25.1 Å². The van der Waals surface area contributed by atoms with Gasteiger partial charge in [-0.2, -0.15) is 0 Å². The maximum Gasteiger partial charge on any atom is 0.227 e. The van der Waals surface area contributed by atoms with Crippen LogP contribution in [0.25, 0.3) is 12.2 Å². The molecule has 0 radical (unpaired) electrons. The van der Waals surface area contributed by atoms with Crippen LogP contribution in [-0.2, 0) is 4.79 Å². The Morgan fingerprint density at radius 2 is 1.52 bits per heavy atom. The molecule has 1 heterocycles. The molecule has 2 aromatic carbocycles. The van der Waals surface area contributed by atoms with Crippen LogP contribution in [0.3, 0.4) is 0 Å². The highest BCUT2D eigenvalue weighted by molar-refractivity contribution is 5.94. The molecule has 1 amide bonds. The maximum absolute atomic E-state index is 12.9. The Morgan fingerprint density at radius 3 is 2.06 bits per heavy atom. The quantitative estimate of drug-likeness (QED) is 0.560. The summed E-state index contributed by atoms with van der Waals surface area (Å²) in [5.41, 5.74) is 2.50. The van der Waals surface area contributed by atoms with Gasteiger partial charge in [-0.05, 0) is 67.9 Å². The fourth-order valence-electron chi connectivity index (χ4n) is 4.06. The first-order chi connectivity index (χ1) is 16.0. The normalized spacial score (nSPS) is 14.8. The number of hydrogen-bond acceptors (Lipinski definition) is 6. The summed E-state index contributed by atoms with van der Waals surface area (Å²) in [4.78, 5) is 15.3. The van der Waals surface area contributed by atoms with Crippen molar-refractivity contribution in [1.82, 2.24) is 4.90 Å². The zero-order valence-electron chi connectivity index (χ0n) is 20.1. The Bertz CT molecular complexity index is 956. The van der Waals surface area contributed by atoms with E-state index >= 15 is 0 Å². The SMILES string of the molecule is CCN1CCC(C(=O)Nc2cc(C=Cc3cc(OC)c(OC)c(OC)c3)ccc2OC)CC1. The molecule has 0 bridgehead atoms. The van der Waals surface area contributed by atoms with E-state index in [0.29, 0.717) is 28.7 Å². The molecule has 1 aliphatic rings. The summed E-state index contributed by atoms with van der Waals surface area (Å²) in [5.74, 6) is 2.45. The third-order valence-electron chi connectivity index (χ3n) is 6.04. The Kier molecular flexibility index (Phi) is 8.60. The number of carbonyl (C=O) groups is 1. The lowest BCUT2D eigenvalue weighted by Crippen LogP contribution is -2.38. The van der Waals surface area contributed by atoms with Crippen molar-refractivity contribution in [1.29, 1.82) is 0 Å². The van der Waals surface area contributed by atoms with Gasteiger partial charge in [0.1, 0.15) is 5.75 Å². The van der Waals surface area contributed by atoms with E-state index < -0.39 is 0 Å². The molecule has 1 N–H and O–H groups in total. The van der Waals surface area contributed by atoms with Crippen LogP contribution in [0, 0.1) is 5.92 Å². The summed E-state index contributed by atoms with van der Waals surface area (Å²) in [5, 5.41) is 3.08. The lowest BCUT2D eigenvalue weighted by molar-refractivity contribution is -0.121. The monoisotopic (exact) mass is 454 g/mol. The van der Waals surface area contributed by atoms with Crippen LogP contribution in [0.4, 0.5) is 5.69 Å². The molecule has 1 saturated heterocycles. The predicted octanol–water partition coefficient (Wildman–Crippen LogP) is 4.56. The summed E-state index contributed by atoms with van der Waals surface area (Å²) in [6.07, 6.45) is 5.68. The molecule has 0 atom stereocenters. The van der Waals surface area contributed by atoms with E-state index in [1.165, 1.54) is 0 Å². The number of ether oxygens (including phenoxy) is 4. The van der Waals surface area contributed by atoms with Crippen LogP contribution in [0.5, 0.6) is 23.0 Å². The molecule has 0 unspecified atom stereocenters. The van der Waals surface area contributed by atoms with E-state index in [1.54, 1.807) is 28.4 Å². The zero-order valence-corrected chi connectivity index (χ0v) is 20.1. The first kappa shape index (κ1) is 24.5. The van der Waals surface area contributed by atoms with E-state index in [2.05, 4.69) is 17.1 Å². The topological polar surface area (TPSA) is 69.3 Å². The molecule has 0 aromatic heterocycles. The number of piperidine rings is 1. The number of benzene rings is 2. The largest absolute Gasteiger partial charge is 0.495 e. The molecule has 1 aliphatic heterocycles. The van der Waals surface area contributed by atoms with Gasteiger partial charge in [-0.25, -0.2) is 0 Å². The highest BCUT2D eigenvalue weighted by Crippen LogP contribution is 2.38. The lowest BCUT2D eigenvalue weighted by atomic mass is 9.96. The molecule has 1 fully saturated rings. The molecule has 33 heavy (non-hydrogen) atoms. The van der Waals surface area contributed by atoms with Gasteiger partial charge >= 0.3 is 0 Å². The Morgan fingerprint density at radius 1 is 0.909 bits per heavy atom. The number of carbonyl (C=O) groups excluding carboxylic acids is 1. The molecule has 2 aromatic rings. The van der Waals surface area contributed by atoms with Gasteiger partial charge in [0.15, 0.2) is 11.5 Å². The fraction of sp³-hybridized carbons (Fsp3) is 0.423. The highest BCUT2D eigenvalue weighted by Gasteiger charge is 2.25. The van der Waals surface area contributed by atoms with E-state index in [1.807, 2.05) is 42.5 Å². The number of nitrogens with zero attached hydrogens (tertiary/aromatic N) is 1. The van der Waals surface area contributed by atoms with E-state index in [9.17, 15) is 4.79 Å². The highest BCUT2D eigenvalue weighted by atomic mass is 16.5. The average Bonchev–Trinajstić information content (AvgIpc) is 2.86. The van der Waals surface area contributed by atoms with Gasteiger partial charge in [0.05, 0.1) is 34.1 Å². The van der Waals surface area contributed by atoms with E-state index in [-0.39, 0.29) is 11.8 Å². The molecule has 7 nitrogen and oxygen atoms in total. The second kappa shape index (κ2) is 11.6. The number of methoxy groups -OCH3 is 4. The third kappa shape index (κ3) is 5.99. The van der Waals surface area contributed by atoms with Gasteiger partial charge in [0.2, 0.25) is 11.7 Å². The molecule has 7 heteroatoms. The third-order valence-corrected chi connectivity index (χ3v) is 6.04. The molecule has 0 spiro atoms. The first-order valence-electron chi connectivity index (χ1n) is 11.2. The zero-order chi connectivity index (χ0) is 23.8. The smallest absolute Gasteiger partial charge is 0.227 e. The minimum absolute atomic E-state index is 0.0240. The van der Waals surface area contributed by atoms with Crippen molar-refractivity contribution in [3.8, 4) is 23.0 Å². The average molecular weight is 455 g/mol. The predicted molar refractivity (Wildman–Crippen MR) is 131 cm³/mol. The van der Waals surface area contributed by atoms with Gasteiger partial charge in [0, 0.05) is 5.92 Å². The van der Waals surface area contributed by atoms with Crippen LogP contribution in [-0.4, -0.2) is 58.9 Å². The Balaban J connectivity index is 1.78. The number of nitrogens with one attached hydrogen (secondary N) is 1. The van der Waals surface area contributed by atoms with Crippen LogP contribution in [0.15, 0.2) is 30.3 Å². The first-order valence-corrected chi connectivity index (χ1v) is 11.2. The summed E-state index contributed by atoms with van der Waals surface area (Å²) >= 11 is 0. The molecular formula is C26H34N2O5. The minimum atomic E-state index is 0.0240. The van der Waals surface area contributed by atoms with Gasteiger partial charge in [-0.15, -0.1) is 0 Å². The molecule has 0 aliphatic carbocycles. The number of rotatable bonds is 9. The number of likely N-dealkylation sites (tertiary alicyclic amines) is 1. The summed E-state index contributed by atoms with van der Waals surface area (Å²) in [7, 11) is 6.37. The Labute approximate surface area is 196 Å². The van der Waals surface area contributed by atoms with Crippen LogP contribution < -0.4 is 24.3 Å². The fourth-order valence-corrected chi connectivity index (χ4v) is 4.06. The van der Waals surface area contributed by atoms with Crippen molar-refractivity contribution >= 4 is 23.7 Å². The van der Waals surface area contributed by atoms with Crippen LogP contribution >= 0.6 is 0 Å². The lowest BCUT2D eigenvalue weighted by Gasteiger charge is -2.30. The second-order valence-electron chi connectivity index (χ2n) is 7.95. The van der Waals surface area contributed by atoms with Gasteiger partial charge in [-0.3, -0.25) is 4.79 Å². The van der Waals surface area contributed by atoms with E-state index in [4.69, 9.17) is 18.9 Å². The summed E-state index contributed by atoms with van der Waals surface area (Å²) < 4.78 is 21.7. The molecule has 0 saturated carbocycles. The van der Waals surface area contributed by atoms with Crippen molar-refractivity contribution in [2.75, 3.05) is 53.4 Å². The van der Waals surface area contributed by atoms with Crippen molar-refractivity contribution < 1.29 is 23.7 Å².